The molecule has 0 aliphatic rings. The van der Waals surface area contributed by atoms with E-state index in [1.54, 1.807) is 31.4 Å². The van der Waals surface area contributed by atoms with Gasteiger partial charge in [0.1, 0.15) is 18.1 Å². The highest BCUT2D eigenvalue weighted by Crippen LogP contribution is 2.25. The Morgan fingerprint density at radius 1 is 1.53 bits per heavy atom. The number of carboxylic acid groups (broad SMARTS) is 1. The van der Waals surface area contributed by atoms with E-state index in [0.717, 1.165) is 6.08 Å². The van der Waals surface area contributed by atoms with Gasteiger partial charge in [0.2, 0.25) is 0 Å². The number of benzene rings is 1. The largest absolute Gasteiger partial charge is 0.497 e. The maximum atomic E-state index is 10.5. The SMILES string of the molecule is C=CCOc1ccc(OC)cc1/C=C/C(=O)O. The topological polar surface area (TPSA) is 55.8 Å². The first-order valence-corrected chi connectivity index (χ1v) is 5.00. The molecule has 1 aromatic rings. The number of ether oxygens (including phenoxy) is 2. The zero-order valence-corrected chi connectivity index (χ0v) is 9.55. The molecule has 1 aromatic carbocycles. The van der Waals surface area contributed by atoms with E-state index in [-0.39, 0.29) is 0 Å². The van der Waals surface area contributed by atoms with Crippen LogP contribution in [0.2, 0.25) is 0 Å². The van der Waals surface area contributed by atoms with E-state index in [2.05, 4.69) is 6.58 Å². The molecule has 0 amide bonds. The number of rotatable bonds is 6. The van der Waals surface area contributed by atoms with Crippen molar-refractivity contribution < 1.29 is 19.4 Å². The van der Waals surface area contributed by atoms with Crippen LogP contribution in [0.15, 0.2) is 36.9 Å². The molecule has 0 aromatic heterocycles. The number of carbonyl (C=O) groups is 1. The van der Waals surface area contributed by atoms with Crippen molar-refractivity contribution in [3.05, 3.63) is 42.5 Å². The number of methoxy groups -OCH3 is 1. The van der Waals surface area contributed by atoms with Crippen LogP contribution in [0.1, 0.15) is 5.56 Å². The maximum absolute atomic E-state index is 10.5. The van der Waals surface area contributed by atoms with Crippen LogP contribution in [0.25, 0.3) is 6.08 Å². The van der Waals surface area contributed by atoms with Gasteiger partial charge >= 0.3 is 5.97 Å². The molecule has 0 unspecified atom stereocenters. The van der Waals surface area contributed by atoms with E-state index in [9.17, 15) is 4.79 Å². The third-order valence-electron chi connectivity index (χ3n) is 1.98. The summed E-state index contributed by atoms with van der Waals surface area (Å²) >= 11 is 0. The van der Waals surface area contributed by atoms with Crippen LogP contribution in [0.3, 0.4) is 0 Å². The molecular formula is C13H14O4. The van der Waals surface area contributed by atoms with Gasteiger partial charge in [-0.05, 0) is 24.3 Å². The minimum Gasteiger partial charge on any atom is -0.497 e. The molecule has 17 heavy (non-hydrogen) atoms. The first kappa shape index (κ1) is 12.8. The van der Waals surface area contributed by atoms with Gasteiger partial charge in [-0.15, -0.1) is 0 Å². The van der Waals surface area contributed by atoms with Crippen LogP contribution in [0, 0.1) is 0 Å². The van der Waals surface area contributed by atoms with Gasteiger partial charge in [-0.3, -0.25) is 0 Å². The Bertz CT molecular complexity index is 435. The molecule has 4 heteroatoms. The minimum atomic E-state index is -1.01. The molecule has 0 aliphatic heterocycles. The van der Waals surface area contributed by atoms with Crippen molar-refractivity contribution in [3.8, 4) is 11.5 Å². The van der Waals surface area contributed by atoms with Gasteiger partial charge in [-0.1, -0.05) is 12.7 Å². The van der Waals surface area contributed by atoms with Crippen molar-refractivity contribution in [1.82, 2.24) is 0 Å². The Balaban J connectivity index is 3.01. The first-order valence-electron chi connectivity index (χ1n) is 5.00. The first-order chi connectivity index (χ1) is 8.17. The fourth-order valence-corrected chi connectivity index (χ4v) is 1.22. The Kier molecular flexibility index (Phi) is 4.81. The molecule has 90 valence electrons. The lowest BCUT2D eigenvalue weighted by atomic mass is 10.1. The molecule has 0 heterocycles. The summed E-state index contributed by atoms with van der Waals surface area (Å²) in [4.78, 5) is 10.5. The van der Waals surface area contributed by atoms with Crippen LogP contribution in [0.5, 0.6) is 11.5 Å². The van der Waals surface area contributed by atoms with Crippen molar-refractivity contribution in [2.75, 3.05) is 13.7 Å². The number of hydrogen-bond donors (Lipinski definition) is 1. The van der Waals surface area contributed by atoms with E-state index in [4.69, 9.17) is 14.6 Å². The second-order valence-corrected chi connectivity index (χ2v) is 3.18. The molecule has 4 nitrogen and oxygen atoms in total. The van der Waals surface area contributed by atoms with Gasteiger partial charge in [0, 0.05) is 11.6 Å². The highest BCUT2D eigenvalue weighted by molar-refractivity contribution is 5.86. The van der Waals surface area contributed by atoms with Gasteiger partial charge in [0.15, 0.2) is 0 Å². The van der Waals surface area contributed by atoms with Crippen LogP contribution in [0.4, 0.5) is 0 Å². The van der Waals surface area contributed by atoms with E-state index in [1.807, 2.05) is 0 Å². The molecule has 0 atom stereocenters. The standard InChI is InChI=1S/C13H14O4/c1-3-8-17-12-6-5-11(16-2)9-10(12)4-7-13(14)15/h3-7,9H,1,8H2,2H3,(H,14,15)/b7-4+. The van der Waals surface area contributed by atoms with Crippen molar-refractivity contribution in [1.29, 1.82) is 0 Å². The van der Waals surface area contributed by atoms with Crippen molar-refractivity contribution in [3.63, 3.8) is 0 Å². The molecule has 1 rings (SSSR count). The molecule has 0 radical (unpaired) electrons. The summed E-state index contributed by atoms with van der Waals surface area (Å²) in [5.74, 6) is 0.215. The third kappa shape index (κ3) is 4.03. The predicted octanol–water partition coefficient (Wildman–Crippen LogP) is 2.36. The van der Waals surface area contributed by atoms with Crippen molar-refractivity contribution in [2.24, 2.45) is 0 Å². The van der Waals surface area contributed by atoms with Crippen molar-refractivity contribution >= 4 is 12.0 Å². The molecular weight excluding hydrogens is 220 g/mol. The van der Waals surface area contributed by atoms with E-state index < -0.39 is 5.97 Å². The van der Waals surface area contributed by atoms with Crippen LogP contribution < -0.4 is 9.47 Å². The van der Waals surface area contributed by atoms with Gasteiger partial charge in [-0.25, -0.2) is 4.79 Å². The van der Waals surface area contributed by atoms with Crippen LogP contribution in [-0.2, 0) is 4.79 Å². The molecule has 1 N–H and O–H groups in total. The Morgan fingerprint density at radius 2 is 2.29 bits per heavy atom. The quantitative estimate of drug-likeness (QED) is 0.606. The summed E-state index contributed by atoms with van der Waals surface area (Å²) in [5.41, 5.74) is 0.647. The predicted molar refractivity (Wildman–Crippen MR) is 65.4 cm³/mol. The smallest absolute Gasteiger partial charge is 0.328 e. The van der Waals surface area contributed by atoms with E-state index in [0.29, 0.717) is 23.7 Å². The molecule has 0 fully saturated rings. The fraction of sp³-hybridized carbons (Fsp3) is 0.154. The van der Waals surface area contributed by atoms with E-state index in [1.165, 1.54) is 6.08 Å². The zero-order chi connectivity index (χ0) is 12.7. The summed E-state index contributed by atoms with van der Waals surface area (Å²) in [6.07, 6.45) is 4.13. The molecule has 0 spiro atoms. The summed E-state index contributed by atoms with van der Waals surface area (Å²) in [7, 11) is 1.55. The maximum Gasteiger partial charge on any atom is 0.328 e. The molecule has 0 saturated heterocycles. The average molecular weight is 234 g/mol. The van der Waals surface area contributed by atoms with Crippen LogP contribution >= 0.6 is 0 Å². The highest BCUT2D eigenvalue weighted by atomic mass is 16.5. The summed E-state index contributed by atoms with van der Waals surface area (Å²) in [6.45, 7) is 3.91. The van der Waals surface area contributed by atoms with E-state index >= 15 is 0 Å². The Morgan fingerprint density at radius 3 is 2.88 bits per heavy atom. The highest BCUT2D eigenvalue weighted by Gasteiger charge is 2.03. The lowest BCUT2D eigenvalue weighted by Crippen LogP contribution is -1.96. The summed E-state index contributed by atoms with van der Waals surface area (Å²) < 4.78 is 10.5. The summed E-state index contributed by atoms with van der Waals surface area (Å²) in [5, 5.41) is 8.59. The van der Waals surface area contributed by atoms with Crippen LogP contribution in [-0.4, -0.2) is 24.8 Å². The lowest BCUT2D eigenvalue weighted by molar-refractivity contribution is -0.131. The zero-order valence-electron chi connectivity index (χ0n) is 9.55. The monoisotopic (exact) mass is 234 g/mol. The number of hydrogen-bond acceptors (Lipinski definition) is 3. The summed E-state index contributed by atoms with van der Waals surface area (Å²) in [6, 6.07) is 5.18. The lowest BCUT2D eigenvalue weighted by Gasteiger charge is -2.08. The molecule has 0 saturated carbocycles. The van der Waals surface area contributed by atoms with Gasteiger partial charge in [0.05, 0.1) is 7.11 Å². The number of carboxylic acids is 1. The van der Waals surface area contributed by atoms with Gasteiger partial charge in [-0.2, -0.15) is 0 Å². The van der Waals surface area contributed by atoms with Gasteiger partial charge in [0.25, 0.3) is 0 Å². The second kappa shape index (κ2) is 6.37. The van der Waals surface area contributed by atoms with Gasteiger partial charge < -0.3 is 14.6 Å². The fourth-order valence-electron chi connectivity index (χ4n) is 1.22. The molecule has 0 bridgehead atoms. The normalized spacial score (nSPS) is 10.2. The third-order valence-corrected chi connectivity index (χ3v) is 1.98. The second-order valence-electron chi connectivity index (χ2n) is 3.18. The number of aliphatic carboxylic acids is 1. The minimum absolute atomic E-state index is 0.361. The van der Waals surface area contributed by atoms with Crippen molar-refractivity contribution in [2.45, 2.75) is 0 Å². The Hall–Kier alpha value is -2.23. The molecule has 0 aliphatic carbocycles. The average Bonchev–Trinajstić information content (AvgIpc) is 2.34. The Labute approximate surface area is 99.8 Å².